The number of halogens is 2. The van der Waals surface area contributed by atoms with Crippen molar-refractivity contribution < 1.29 is 23.6 Å². The highest BCUT2D eigenvalue weighted by molar-refractivity contribution is 6.39. The minimum absolute atomic E-state index is 0.0614. The van der Waals surface area contributed by atoms with Crippen LogP contribution in [0.5, 0.6) is 0 Å². The van der Waals surface area contributed by atoms with E-state index in [1.165, 1.54) is 7.11 Å². The lowest BCUT2D eigenvalue weighted by molar-refractivity contribution is 0.0602. The molecule has 7 nitrogen and oxygen atoms in total. The number of unbranched alkanes of at least 4 members (excludes halogenated alkanes) is 1. The maximum atomic E-state index is 12.2. The Balaban J connectivity index is 2.39. The van der Waals surface area contributed by atoms with Gasteiger partial charge >= 0.3 is 12.1 Å². The molecule has 0 unspecified atom stereocenters. The van der Waals surface area contributed by atoms with Gasteiger partial charge < -0.3 is 14.0 Å². The third-order valence-corrected chi connectivity index (χ3v) is 3.86. The first kappa shape index (κ1) is 19.1. The molecule has 1 aromatic carbocycles. The first-order chi connectivity index (χ1) is 12.0. The van der Waals surface area contributed by atoms with Crippen molar-refractivity contribution in [2.45, 2.75) is 19.8 Å². The van der Waals surface area contributed by atoms with Gasteiger partial charge in [-0.1, -0.05) is 47.8 Å². The fourth-order valence-electron chi connectivity index (χ4n) is 2.00. The Morgan fingerprint density at radius 1 is 1.28 bits per heavy atom. The van der Waals surface area contributed by atoms with E-state index in [-0.39, 0.29) is 33.8 Å². The summed E-state index contributed by atoms with van der Waals surface area (Å²) in [4.78, 5) is 24.0. The highest BCUT2D eigenvalue weighted by Crippen LogP contribution is 2.38. The fraction of sp³-hybridized carbons (Fsp3) is 0.312. The Morgan fingerprint density at radius 2 is 1.96 bits per heavy atom. The quantitative estimate of drug-likeness (QED) is 0.567. The van der Waals surface area contributed by atoms with Crippen molar-refractivity contribution in [3.63, 3.8) is 0 Å². The number of carbonyl (C=O) groups is 2. The topological polar surface area (TPSA) is 90.7 Å². The van der Waals surface area contributed by atoms with Gasteiger partial charge in [0.25, 0.3) is 0 Å². The molecule has 2 rings (SSSR count). The minimum Gasteiger partial charge on any atom is -0.465 e. The van der Waals surface area contributed by atoms with Crippen molar-refractivity contribution in [2.24, 2.45) is 0 Å². The van der Waals surface area contributed by atoms with E-state index in [9.17, 15) is 9.59 Å². The highest BCUT2D eigenvalue weighted by atomic mass is 35.5. The van der Waals surface area contributed by atoms with Gasteiger partial charge in [0.1, 0.15) is 5.69 Å². The molecule has 0 saturated carbocycles. The van der Waals surface area contributed by atoms with Gasteiger partial charge in [-0.2, -0.15) is 0 Å². The summed E-state index contributed by atoms with van der Waals surface area (Å²) in [5.74, 6) is -0.976. The van der Waals surface area contributed by atoms with Crippen LogP contribution in [0.25, 0.3) is 11.3 Å². The molecule has 0 fully saturated rings. The molecule has 25 heavy (non-hydrogen) atoms. The van der Waals surface area contributed by atoms with E-state index in [1.54, 1.807) is 18.2 Å². The van der Waals surface area contributed by atoms with Gasteiger partial charge in [0.15, 0.2) is 5.56 Å². The average molecular weight is 387 g/mol. The van der Waals surface area contributed by atoms with E-state index < -0.39 is 12.1 Å². The average Bonchev–Trinajstić information content (AvgIpc) is 2.97. The number of anilines is 1. The fourth-order valence-corrected chi connectivity index (χ4v) is 2.58. The van der Waals surface area contributed by atoms with Crippen LogP contribution < -0.4 is 5.32 Å². The van der Waals surface area contributed by atoms with Crippen LogP contribution in [0.15, 0.2) is 22.7 Å². The van der Waals surface area contributed by atoms with Crippen molar-refractivity contribution in [1.29, 1.82) is 0 Å². The predicted molar refractivity (Wildman–Crippen MR) is 93.2 cm³/mol. The van der Waals surface area contributed by atoms with Crippen LogP contribution in [0.2, 0.25) is 10.0 Å². The summed E-state index contributed by atoms with van der Waals surface area (Å²) >= 11 is 12.3. The summed E-state index contributed by atoms with van der Waals surface area (Å²) in [6.07, 6.45) is 0.818. The summed E-state index contributed by atoms with van der Waals surface area (Å²) in [6.45, 7) is 2.21. The first-order valence-corrected chi connectivity index (χ1v) is 8.21. The van der Waals surface area contributed by atoms with E-state index >= 15 is 0 Å². The van der Waals surface area contributed by atoms with Crippen molar-refractivity contribution in [1.82, 2.24) is 5.16 Å². The monoisotopic (exact) mass is 386 g/mol. The molecule has 0 atom stereocenters. The third kappa shape index (κ3) is 4.43. The molecule has 0 aliphatic carbocycles. The zero-order valence-electron chi connectivity index (χ0n) is 13.6. The minimum atomic E-state index is -0.772. The molecule has 0 bridgehead atoms. The number of esters is 1. The number of aromatic nitrogens is 1. The van der Waals surface area contributed by atoms with Crippen LogP contribution in [-0.4, -0.2) is 30.9 Å². The van der Waals surface area contributed by atoms with Gasteiger partial charge in [-0.15, -0.1) is 0 Å². The Hall–Kier alpha value is -2.25. The molecule has 1 heterocycles. The van der Waals surface area contributed by atoms with Crippen LogP contribution >= 0.6 is 23.2 Å². The van der Waals surface area contributed by atoms with Crippen molar-refractivity contribution in [3.8, 4) is 11.3 Å². The molecule has 0 aliphatic heterocycles. The SMILES string of the molecule is CCCCOC(=O)Nc1onc(-c2c(Cl)cccc2Cl)c1C(=O)OC. The third-order valence-electron chi connectivity index (χ3n) is 3.23. The number of nitrogens with one attached hydrogen (secondary N) is 1. The second-order valence-corrected chi connectivity index (χ2v) is 5.75. The van der Waals surface area contributed by atoms with Gasteiger partial charge in [0, 0.05) is 5.56 Å². The lowest BCUT2D eigenvalue weighted by atomic mass is 10.1. The first-order valence-electron chi connectivity index (χ1n) is 7.45. The van der Waals surface area contributed by atoms with Crippen LogP contribution in [0.1, 0.15) is 30.1 Å². The number of benzene rings is 1. The number of carbonyl (C=O) groups excluding carboxylic acids is 2. The normalized spacial score (nSPS) is 10.4. The van der Waals surface area contributed by atoms with Crippen LogP contribution in [0, 0.1) is 0 Å². The standard InChI is InChI=1S/C16H16Cl2N2O5/c1-3-4-8-24-16(22)19-14-12(15(21)23-2)13(20-25-14)11-9(17)6-5-7-10(11)18/h5-7H,3-4,8H2,1-2H3,(H,19,22). The maximum Gasteiger partial charge on any atom is 0.414 e. The summed E-state index contributed by atoms with van der Waals surface area (Å²) in [6, 6.07) is 4.82. The predicted octanol–water partition coefficient (Wildman–Crippen LogP) is 4.78. The van der Waals surface area contributed by atoms with Gasteiger partial charge in [-0.05, 0) is 18.6 Å². The van der Waals surface area contributed by atoms with E-state index in [4.69, 9.17) is 37.2 Å². The molecule has 0 saturated heterocycles. The van der Waals surface area contributed by atoms with Gasteiger partial charge in [0.05, 0.1) is 23.8 Å². The van der Waals surface area contributed by atoms with E-state index in [0.717, 1.165) is 6.42 Å². The number of hydrogen-bond acceptors (Lipinski definition) is 6. The summed E-state index contributed by atoms with van der Waals surface area (Å²) in [5, 5.41) is 6.68. The molecule has 134 valence electrons. The van der Waals surface area contributed by atoms with Crippen molar-refractivity contribution in [2.75, 3.05) is 19.0 Å². The number of ether oxygens (including phenoxy) is 2. The lowest BCUT2D eigenvalue weighted by Gasteiger charge is -2.07. The molecule has 0 aliphatic rings. The largest absolute Gasteiger partial charge is 0.465 e. The molecule has 2 aromatic rings. The van der Waals surface area contributed by atoms with Crippen LogP contribution in [-0.2, 0) is 9.47 Å². The summed E-state index contributed by atoms with van der Waals surface area (Å²) in [7, 11) is 1.19. The second kappa shape index (κ2) is 8.73. The van der Waals surface area contributed by atoms with Crippen molar-refractivity contribution in [3.05, 3.63) is 33.8 Å². The van der Waals surface area contributed by atoms with Crippen molar-refractivity contribution >= 4 is 41.1 Å². The molecule has 9 heteroatoms. The van der Waals surface area contributed by atoms with Crippen LogP contribution in [0.3, 0.4) is 0 Å². The smallest absolute Gasteiger partial charge is 0.414 e. The van der Waals surface area contributed by atoms with Gasteiger partial charge in [-0.25, -0.2) is 9.59 Å². The van der Waals surface area contributed by atoms with E-state index in [1.807, 2.05) is 6.92 Å². The Morgan fingerprint density at radius 3 is 2.56 bits per heavy atom. The van der Waals surface area contributed by atoms with E-state index in [2.05, 4.69) is 10.5 Å². The molecule has 0 radical (unpaired) electrons. The molecule has 1 aromatic heterocycles. The molecule has 0 spiro atoms. The number of rotatable bonds is 6. The lowest BCUT2D eigenvalue weighted by Crippen LogP contribution is -2.16. The summed E-state index contributed by atoms with van der Waals surface area (Å²) < 4.78 is 14.8. The Kier molecular flexibility index (Phi) is 6.66. The number of nitrogens with zero attached hydrogens (tertiary/aromatic N) is 1. The maximum absolute atomic E-state index is 12.2. The molecular formula is C16H16Cl2N2O5. The summed E-state index contributed by atoms with van der Waals surface area (Å²) in [5.41, 5.74) is 0.249. The molecular weight excluding hydrogens is 371 g/mol. The van der Waals surface area contributed by atoms with Crippen LogP contribution in [0.4, 0.5) is 10.7 Å². The van der Waals surface area contributed by atoms with E-state index in [0.29, 0.717) is 12.0 Å². The zero-order chi connectivity index (χ0) is 18.4. The number of methoxy groups -OCH3 is 1. The Bertz CT molecular complexity index is 756. The number of amides is 1. The highest BCUT2D eigenvalue weighted by Gasteiger charge is 2.28. The second-order valence-electron chi connectivity index (χ2n) is 4.94. The van der Waals surface area contributed by atoms with Gasteiger partial charge in [-0.3, -0.25) is 5.32 Å². The molecule has 1 amide bonds. The Labute approximate surface area is 154 Å². The van der Waals surface area contributed by atoms with Gasteiger partial charge in [0.2, 0.25) is 5.88 Å². The zero-order valence-corrected chi connectivity index (χ0v) is 15.1. The molecule has 1 N–H and O–H groups in total. The number of hydrogen-bond donors (Lipinski definition) is 1.